The van der Waals surface area contributed by atoms with Gasteiger partial charge in [0, 0.05) is 17.0 Å². The summed E-state index contributed by atoms with van der Waals surface area (Å²) in [5.41, 5.74) is 0.999. The van der Waals surface area contributed by atoms with Crippen molar-refractivity contribution in [2.75, 3.05) is 6.54 Å². The predicted octanol–water partition coefficient (Wildman–Crippen LogP) is 2.71. The number of hydrogen-bond donors (Lipinski definition) is 0. The van der Waals surface area contributed by atoms with Crippen molar-refractivity contribution in [3.63, 3.8) is 0 Å². The average Bonchev–Trinajstić information content (AvgIpc) is 2.88. The Labute approximate surface area is 120 Å². The van der Waals surface area contributed by atoms with Crippen LogP contribution in [-0.4, -0.2) is 17.9 Å². The van der Waals surface area contributed by atoms with E-state index in [1.54, 1.807) is 11.0 Å². The molecule has 0 saturated heterocycles. The van der Waals surface area contributed by atoms with Gasteiger partial charge in [-0.1, -0.05) is 18.2 Å². The highest BCUT2D eigenvalue weighted by molar-refractivity contribution is 7.12. The van der Waals surface area contributed by atoms with Gasteiger partial charge < -0.3 is 9.64 Å². The zero-order chi connectivity index (χ0) is 13.9. The van der Waals surface area contributed by atoms with Crippen LogP contribution in [0.1, 0.15) is 21.4 Å². The van der Waals surface area contributed by atoms with Crippen molar-refractivity contribution in [1.82, 2.24) is 4.90 Å². The summed E-state index contributed by atoms with van der Waals surface area (Å²) in [4.78, 5) is 14.5. The molecule has 4 nitrogen and oxygen atoms in total. The molecule has 2 heterocycles. The standard InChI is InChI=1S/C15H12N2O2S/c16-7-12-5-6-15(20-12)14-9-17(10-18)8-11-3-1-2-4-13(11)19-14/h1-6,10,14H,8-9H2. The van der Waals surface area contributed by atoms with Crippen molar-refractivity contribution in [1.29, 1.82) is 5.26 Å². The molecule has 3 rings (SSSR count). The molecule has 100 valence electrons. The summed E-state index contributed by atoms with van der Waals surface area (Å²) in [5.74, 6) is 0.800. The van der Waals surface area contributed by atoms with Crippen LogP contribution in [0.3, 0.4) is 0 Å². The fourth-order valence-electron chi connectivity index (χ4n) is 2.25. The summed E-state index contributed by atoms with van der Waals surface area (Å²) >= 11 is 1.41. The summed E-state index contributed by atoms with van der Waals surface area (Å²) in [6, 6.07) is 13.5. The molecule has 0 N–H and O–H groups in total. The van der Waals surface area contributed by atoms with Gasteiger partial charge in [0.05, 0.1) is 6.54 Å². The van der Waals surface area contributed by atoms with E-state index in [0.29, 0.717) is 18.0 Å². The summed E-state index contributed by atoms with van der Waals surface area (Å²) in [7, 11) is 0. The number of amides is 1. The first-order valence-corrected chi connectivity index (χ1v) is 7.05. The van der Waals surface area contributed by atoms with Crippen LogP contribution < -0.4 is 4.74 Å². The van der Waals surface area contributed by atoms with Crippen LogP contribution in [0.4, 0.5) is 0 Å². The largest absolute Gasteiger partial charge is 0.483 e. The number of fused-ring (bicyclic) bond motifs is 1. The summed E-state index contributed by atoms with van der Waals surface area (Å²) in [6.45, 7) is 1.04. The highest BCUT2D eigenvalue weighted by atomic mass is 32.1. The number of hydrogen-bond acceptors (Lipinski definition) is 4. The molecule has 1 aliphatic heterocycles. The molecule has 0 aliphatic carbocycles. The van der Waals surface area contributed by atoms with Gasteiger partial charge in [0.15, 0.2) is 6.10 Å². The number of carbonyl (C=O) groups excluding carboxylic acids is 1. The Morgan fingerprint density at radius 1 is 1.35 bits per heavy atom. The second-order valence-corrected chi connectivity index (χ2v) is 5.68. The van der Waals surface area contributed by atoms with Crippen LogP contribution in [0.2, 0.25) is 0 Å². The Morgan fingerprint density at radius 3 is 2.95 bits per heavy atom. The number of nitriles is 1. The van der Waals surface area contributed by atoms with E-state index < -0.39 is 0 Å². The lowest BCUT2D eigenvalue weighted by Crippen LogP contribution is -2.26. The van der Waals surface area contributed by atoms with Crippen LogP contribution >= 0.6 is 11.3 Å². The maximum atomic E-state index is 11.2. The lowest BCUT2D eigenvalue weighted by atomic mass is 10.2. The van der Waals surface area contributed by atoms with Gasteiger partial charge in [-0.05, 0) is 18.2 Å². The molecule has 1 amide bonds. The van der Waals surface area contributed by atoms with E-state index in [2.05, 4.69) is 6.07 Å². The second kappa shape index (κ2) is 5.35. The van der Waals surface area contributed by atoms with Crippen LogP contribution in [-0.2, 0) is 11.3 Å². The van der Waals surface area contributed by atoms with Gasteiger partial charge in [-0.15, -0.1) is 11.3 Å². The number of rotatable bonds is 2. The first-order chi connectivity index (χ1) is 9.80. The zero-order valence-corrected chi connectivity index (χ0v) is 11.5. The highest BCUT2D eigenvalue weighted by Gasteiger charge is 2.24. The van der Waals surface area contributed by atoms with Gasteiger partial charge >= 0.3 is 0 Å². The van der Waals surface area contributed by atoms with Crippen molar-refractivity contribution >= 4 is 17.7 Å². The third-order valence-electron chi connectivity index (χ3n) is 3.22. The number of nitrogens with zero attached hydrogens (tertiary/aromatic N) is 2. The van der Waals surface area contributed by atoms with Crippen molar-refractivity contribution in [2.45, 2.75) is 12.6 Å². The molecular formula is C15H12N2O2S. The van der Waals surface area contributed by atoms with E-state index in [1.165, 1.54) is 11.3 Å². The van der Waals surface area contributed by atoms with E-state index >= 15 is 0 Å². The van der Waals surface area contributed by atoms with Crippen LogP contribution in [0, 0.1) is 11.3 Å². The molecule has 0 spiro atoms. The predicted molar refractivity (Wildman–Crippen MR) is 75.3 cm³/mol. The number of ether oxygens (including phenoxy) is 1. The molecule has 0 fully saturated rings. The van der Waals surface area contributed by atoms with Crippen LogP contribution in [0.15, 0.2) is 36.4 Å². The minimum absolute atomic E-state index is 0.226. The lowest BCUT2D eigenvalue weighted by molar-refractivity contribution is -0.119. The van der Waals surface area contributed by atoms with E-state index in [-0.39, 0.29) is 6.10 Å². The van der Waals surface area contributed by atoms with E-state index in [0.717, 1.165) is 22.6 Å². The summed E-state index contributed by atoms with van der Waals surface area (Å²) in [6.07, 6.45) is 0.619. The van der Waals surface area contributed by atoms with Crippen LogP contribution in [0.5, 0.6) is 5.75 Å². The number of thiophene rings is 1. The van der Waals surface area contributed by atoms with E-state index in [1.807, 2.05) is 30.3 Å². The Bertz CT molecular complexity index is 675. The number of carbonyl (C=O) groups is 1. The molecule has 1 aromatic heterocycles. The smallest absolute Gasteiger partial charge is 0.210 e. The molecule has 0 saturated carbocycles. The van der Waals surface area contributed by atoms with Gasteiger partial charge in [0.1, 0.15) is 16.7 Å². The van der Waals surface area contributed by atoms with E-state index in [4.69, 9.17) is 10.00 Å². The van der Waals surface area contributed by atoms with Gasteiger partial charge in [0.25, 0.3) is 0 Å². The molecule has 1 aromatic carbocycles. The number of benzene rings is 1. The molecule has 0 bridgehead atoms. The third kappa shape index (κ3) is 2.38. The van der Waals surface area contributed by atoms with Gasteiger partial charge in [-0.3, -0.25) is 4.79 Å². The van der Waals surface area contributed by atoms with Gasteiger partial charge in [0.2, 0.25) is 6.41 Å². The quantitative estimate of drug-likeness (QED) is 0.797. The molecule has 0 radical (unpaired) electrons. The minimum atomic E-state index is -0.226. The fraction of sp³-hybridized carbons (Fsp3) is 0.200. The molecule has 1 atom stereocenters. The van der Waals surface area contributed by atoms with Crippen molar-refractivity contribution < 1.29 is 9.53 Å². The normalized spacial score (nSPS) is 17.6. The van der Waals surface area contributed by atoms with Gasteiger partial charge in [-0.25, -0.2) is 0 Å². The Morgan fingerprint density at radius 2 is 2.20 bits per heavy atom. The first-order valence-electron chi connectivity index (χ1n) is 6.24. The summed E-state index contributed by atoms with van der Waals surface area (Å²) in [5, 5.41) is 8.91. The summed E-state index contributed by atoms with van der Waals surface area (Å²) < 4.78 is 6.03. The lowest BCUT2D eigenvalue weighted by Gasteiger charge is -2.19. The van der Waals surface area contributed by atoms with Gasteiger partial charge in [-0.2, -0.15) is 5.26 Å². The SMILES string of the molecule is N#Cc1ccc(C2CN(C=O)Cc3ccccc3O2)s1. The maximum absolute atomic E-state index is 11.2. The Hall–Kier alpha value is -2.32. The average molecular weight is 284 g/mol. The minimum Gasteiger partial charge on any atom is -0.483 e. The van der Waals surface area contributed by atoms with Crippen molar-refractivity contribution in [2.24, 2.45) is 0 Å². The van der Waals surface area contributed by atoms with Crippen LogP contribution in [0.25, 0.3) is 0 Å². The number of para-hydroxylation sites is 1. The molecule has 1 aliphatic rings. The Balaban J connectivity index is 1.96. The first kappa shape index (κ1) is 12.7. The zero-order valence-electron chi connectivity index (χ0n) is 10.7. The van der Waals surface area contributed by atoms with Crippen molar-refractivity contribution in [3.8, 4) is 11.8 Å². The molecule has 20 heavy (non-hydrogen) atoms. The topological polar surface area (TPSA) is 53.3 Å². The highest BCUT2D eigenvalue weighted by Crippen LogP contribution is 2.33. The van der Waals surface area contributed by atoms with E-state index in [9.17, 15) is 4.79 Å². The van der Waals surface area contributed by atoms with Crippen molar-refractivity contribution in [3.05, 3.63) is 51.7 Å². The monoisotopic (exact) mass is 284 g/mol. The molecular weight excluding hydrogens is 272 g/mol. The molecule has 5 heteroatoms. The molecule has 2 aromatic rings. The fourth-order valence-corrected chi connectivity index (χ4v) is 3.08. The molecule has 1 unspecified atom stereocenters. The third-order valence-corrected chi connectivity index (χ3v) is 4.30. The Kier molecular flexibility index (Phi) is 3.40. The maximum Gasteiger partial charge on any atom is 0.210 e. The second-order valence-electron chi connectivity index (χ2n) is 4.56.